The number of methoxy groups -OCH3 is 1. The normalized spacial score (nSPS) is 14.7. The van der Waals surface area contributed by atoms with E-state index in [4.69, 9.17) is 10.5 Å². The van der Waals surface area contributed by atoms with Gasteiger partial charge in [-0.3, -0.25) is 4.79 Å². The van der Waals surface area contributed by atoms with E-state index in [9.17, 15) is 4.79 Å². The zero-order chi connectivity index (χ0) is 14.4. The lowest BCUT2D eigenvalue weighted by Gasteiger charge is -2.29. The summed E-state index contributed by atoms with van der Waals surface area (Å²) >= 11 is 0. The maximum atomic E-state index is 12.5. The van der Waals surface area contributed by atoms with Crippen LogP contribution in [0.4, 0.5) is 5.69 Å². The summed E-state index contributed by atoms with van der Waals surface area (Å²) in [5, 5.41) is 0. The SMILES string of the molecule is COc1cccc(N(CCCN)C(=O)CC2CCC2)c1. The molecule has 0 heterocycles. The first-order valence-electron chi connectivity index (χ1n) is 7.39. The van der Waals surface area contributed by atoms with Gasteiger partial charge in [-0.2, -0.15) is 0 Å². The standard InChI is InChI=1S/C16H24N2O2/c1-20-15-8-3-7-14(12-15)18(10-4-9-17)16(19)11-13-5-2-6-13/h3,7-8,12-13H,2,4-6,9-11,17H2,1H3. The van der Waals surface area contributed by atoms with Gasteiger partial charge in [0.1, 0.15) is 5.75 Å². The molecule has 1 fully saturated rings. The van der Waals surface area contributed by atoms with Crippen molar-refractivity contribution in [1.29, 1.82) is 0 Å². The van der Waals surface area contributed by atoms with E-state index in [0.717, 1.165) is 17.9 Å². The van der Waals surface area contributed by atoms with Crippen LogP contribution in [0.15, 0.2) is 24.3 Å². The number of benzene rings is 1. The highest BCUT2D eigenvalue weighted by atomic mass is 16.5. The Balaban J connectivity index is 2.09. The van der Waals surface area contributed by atoms with Crippen LogP contribution in [-0.2, 0) is 4.79 Å². The Labute approximate surface area is 120 Å². The Hall–Kier alpha value is -1.55. The molecular weight excluding hydrogens is 252 g/mol. The number of hydrogen-bond acceptors (Lipinski definition) is 3. The molecule has 2 rings (SSSR count). The largest absolute Gasteiger partial charge is 0.497 e. The van der Waals surface area contributed by atoms with Crippen LogP contribution < -0.4 is 15.4 Å². The van der Waals surface area contributed by atoms with Gasteiger partial charge in [0.15, 0.2) is 0 Å². The summed E-state index contributed by atoms with van der Waals surface area (Å²) in [6.07, 6.45) is 5.11. The number of rotatable bonds is 7. The van der Waals surface area contributed by atoms with Crippen molar-refractivity contribution < 1.29 is 9.53 Å². The van der Waals surface area contributed by atoms with Crippen LogP contribution in [0.1, 0.15) is 32.1 Å². The molecule has 1 aromatic rings. The monoisotopic (exact) mass is 276 g/mol. The Morgan fingerprint density at radius 1 is 1.45 bits per heavy atom. The Morgan fingerprint density at radius 2 is 2.25 bits per heavy atom. The third kappa shape index (κ3) is 3.73. The number of carbonyl (C=O) groups excluding carboxylic acids is 1. The van der Waals surface area contributed by atoms with Crippen molar-refractivity contribution in [1.82, 2.24) is 0 Å². The number of anilines is 1. The van der Waals surface area contributed by atoms with Gasteiger partial charge in [-0.15, -0.1) is 0 Å². The number of amides is 1. The minimum Gasteiger partial charge on any atom is -0.497 e. The van der Waals surface area contributed by atoms with Gasteiger partial charge in [0.05, 0.1) is 7.11 Å². The summed E-state index contributed by atoms with van der Waals surface area (Å²) in [6, 6.07) is 7.67. The summed E-state index contributed by atoms with van der Waals surface area (Å²) < 4.78 is 5.24. The molecule has 110 valence electrons. The maximum Gasteiger partial charge on any atom is 0.227 e. The zero-order valence-corrected chi connectivity index (χ0v) is 12.2. The first kappa shape index (κ1) is 14.9. The molecule has 0 spiro atoms. The lowest BCUT2D eigenvalue weighted by Crippen LogP contribution is -2.35. The number of carbonyl (C=O) groups is 1. The Morgan fingerprint density at radius 3 is 2.85 bits per heavy atom. The third-order valence-electron chi connectivity index (χ3n) is 3.94. The van der Waals surface area contributed by atoms with E-state index < -0.39 is 0 Å². The van der Waals surface area contributed by atoms with Gasteiger partial charge in [-0.05, 0) is 43.9 Å². The fourth-order valence-corrected chi connectivity index (χ4v) is 2.48. The summed E-state index contributed by atoms with van der Waals surface area (Å²) in [5.74, 6) is 1.56. The topological polar surface area (TPSA) is 55.6 Å². The maximum absolute atomic E-state index is 12.5. The predicted octanol–water partition coefficient (Wildman–Crippen LogP) is 2.57. The molecule has 1 saturated carbocycles. The number of nitrogens with two attached hydrogens (primary N) is 1. The molecule has 1 amide bonds. The molecule has 0 saturated heterocycles. The van der Waals surface area contributed by atoms with Crippen molar-refractivity contribution in [2.75, 3.05) is 25.1 Å². The molecule has 1 aliphatic carbocycles. The van der Waals surface area contributed by atoms with Crippen molar-refractivity contribution in [2.45, 2.75) is 32.1 Å². The number of hydrogen-bond donors (Lipinski definition) is 1. The highest BCUT2D eigenvalue weighted by Crippen LogP contribution is 2.31. The van der Waals surface area contributed by atoms with E-state index in [1.165, 1.54) is 19.3 Å². The molecule has 0 aliphatic heterocycles. The van der Waals surface area contributed by atoms with Gasteiger partial charge < -0.3 is 15.4 Å². The minimum absolute atomic E-state index is 0.205. The first-order valence-corrected chi connectivity index (χ1v) is 7.39. The van der Waals surface area contributed by atoms with E-state index in [-0.39, 0.29) is 5.91 Å². The quantitative estimate of drug-likeness (QED) is 0.832. The zero-order valence-electron chi connectivity index (χ0n) is 12.2. The smallest absolute Gasteiger partial charge is 0.227 e. The molecule has 1 aliphatic rings. The first-order chi connectivity index (χ1) is 9.74. The van der Waals surface area contributed by atoms with Gasteiger partial charge in [0, 0.05) is 24.7 Å². The molecule has 0 bridgehead atoms. The van der Waals surface area contributed by atoms with Crippen LogP contribution >= 0.6 is 0 Å². The molecular formula is C16H24N2O2. The minimum atomic E-state index is 0.205. The summed E-state index contributed by atoms with van der Waals surface area (Å²) in [4.78, 5) is 14.4. The van der Waals surface area contributed by atoms with Crippen LogP contribution in [0.2, 0.25) is 0 Å². The second kappa shape index (κ2) is 7.29. The van der Waals surface area contributed by atoms with E-state index in [1.54, 1.807) is 7.11 Å². The predicted molar refractivity (Wildman–Crippen MR) is 81.0 cm³/mol. The number of ether oxygens (including phenoxy) is 1. The summed E-state index contributed by atoms with van der Waals surface area (Å²) in [6.45, 7) is 1.27. The highest BCUT2D eigenvalue weighted by Gasteiger charge is 2.24. The molecule has 0 unspecified atom stereocenters. The van der Waals surface area contributed by atoms with Gasteiger partial charge in [-0.25, -0.2) is 0 Å². The van der Waals surface area contributed by atoms with Gasteiger partial charge in [0.25, 0.3) is 0 Å². The highest BCUT2D eigenvalue weighted by molar-refractivity contribution is 5.93. The van der Waals surface area contributed by atoms with Gasteiger partial charge in [-0.1, -0.05) is 12.5 Å². The van der Waals surface area contributed by atoms with Crippen LogP contribution in [0.5, 0.6) is 5.75 Å². The average Bonchev–Trinajstić information content (AvgIpc) is 2.43. The molecule has 0 radical (unpaired) electrons. The van der Waals surface area contributed by atoms with Crippen LogP contribution in [-0.4, -0.2) is 26.1 Å². The van der Waals surface area contributed by atoms with E-state index >= 15 is 0 Å². The Bertz CT molecular complexity index is 444. The molecule has 1 aromatic carbocycles. The van der Waals surface area contributed by atoms with E-state index in [1.807, 2.05) is 29.2 Å². The number of nitrogens with zero attached hydrogens (tertiary/aromatic N) is 1. The molecule has 0 aromatic heterocycles. The molecule has 2 N–H and O–H groups in total. The van der Waals surface area contributed by atoms with Crippen LogP contribution in [0.3, 0.4) is 0 Å². The van der Waals surface area contributed by atoms with Gasteiger partial charge in [0.2, 0.25) is 5.91 Å². The van der Waals surface area contributed by atoms with E-state index in [2.05, 4.69) is 0 Å². The van der Waals surface area contributed by atoms with Gasteiger partial charge >= 0.3 is 0 Å². The van der Waals surface area contributed by atoms with E-state index in [0.29, 0.717) is 25.4 Å². The van der Waals surface area contributed by atoms with Crippen molar-refractivity contribution in [3.05, 3.63) is 24.3 Å². The summed E-state index contributed by atoms with van der Waals surface area (Å²) in [7, 11) is 1.64. The molecule has 4 nitrogen and oxygen atoms in total. The summed E-state index contributed by atoms with van der Waals surface area (Å²) in [5.41, 5.74) is 6.49. The van der Waals surface area contributed by atoms with Crippen molar-refractivity contribution in [2.24, 2.45) is 11.7 Å². The fourth-order valence-electron chi connectivity index (χ4n) is 2.48. The van der Waals surface area contributed by atoms with Crippen molar-refractivity contribution in [3.63, 3.8) is 0 Å². The second-order valence-electron chi connectivity index (χ2n) is 5.39. The Kier molecular flexibility index (Phi) is 5.41. The molecule has 4 heteroatoms. The van der Waals surface area contributed by atoms with Crippen LogP contribution in [0.25, 0.3) is 0 Å². The molecule has 20 heavy (non-hydrogen) atoms. The lowest BCUT2D eigenvalue weighted by atomic mass is 9.82. The van der Waals surface area contributed by atoms with Crippen molar-refractivity contribution in [3.8, 4) is 5.75 Å². The lowest BCUT2D eigenvalue weighted by molar-refractivity contribution is -0.120. The second-order valence-corrected chi connectivity index (χ2v) is 5.39. The fraction of sp³-hybridized carbons (Fsp3) is 0.562. The third-order valence-corrected chi connectivity index (χ3v) is 3.94. The van der Waals surface area contributed by atoms with Crippen molar-refractivity contribution >= 4 is 11.6 Å². The average molecular weight is 276 g/mol. The van der Waals surface area contributed by atoms with Crippen LogP contribution in [0, 0.1) is 5.92 Å². The molecule has 0 atom stereocenters.